The lowest BCUT2D eigenvalue weighted by molar-refractivity contribution is 0.0301. The van der Waals surface area contributed by atoms with Gasteiger partial charge in [0.05, 0.1) is 18.9 Å². The van der Waals surface area contributed by atoms with Gasteiger partial charge < -0.3 is 9.64 Å². The minimum Gasteiger partial charge on any atom is -0.378 e. The number of fused-ring (bicyclic) bond motifs is 1. The number of benzene rings is 1. The molecule has 0 atom stereocenters. The normalized spacial score (nSPS) is 14.9. The first-order chi connectivity index (χ1) is 11.8. The first-order valence-electron chi connectivity index (χ1n) is 7.67. The van der Waals surface area contributed by atoms with Crippen LogP contribution in [0.3, 0.4) is 0 Å². The highest BCUT2D eigenvalue weighted by atomic mass is 32.1. The lowest BCUT2D eigenvalue weighted by Crippen LogP contribution is -2.43. The maximum Gasteiger partial charge on any atom is 0.271 e. The van der Waals surface area contributed by atoms with Crippen molar-refractivity contribution in [2.24, 2.45) is 0 Å². The Morgan fingerprint density at radius 2 is 1.92 bits per heavy atom. The molecule has 0 radical (unpaired) electrons. The van der Waals surface area contributed by atoms with Crippen LogP contribution in [0.1, 0.15) is 10.4 Å². The molecule has 0 saturated carbocycles. The molecule has 1 fully saturated rings. The summed E-state index contributed by atoms with van der Waals surface area (Å²) < 4.78 is 6.78. The standard InChI is InChI=1S/C17H15N3O3S/c21-15(19-6-8-23-9-7-19)13-10-18-17-20(16(13)22)14(11-24-17)12-4-2-1-3-5-12/h1-5,10-11H,6-9H2. The van der Waals surface area contributed by atoms with Crippen molar-refractivity contribution in [2.75, 3.05) is 26.3 Å². The van der Waals surface area contributed by atoms with E-state index in [-0.39, 0.29) is 17.0 Å². The number of morpholine rings is 1. The molecular formula is C17H15N3O3S. The van der Waals surface area contributed by atoms with Crippen molar-refractivity contribution in [1.82, 2.24) is 14.3 Å². The Kier molecular flexibility index (Phi) is 3.87. The Bertz CT molecular complexity index is 943. The molecular weight excluding hydrogens is 326 g/mol. The number of amides is 1. The molecule has 0 spiro atoms. The fourth-order valence-electron chi connectivity index (χ4n) is 2.79. The second kappa shape index (κ2) is 6.18. The predicted octanol–water partition coefficient (Wildman–Crippen LogP) is 1.90. The van der Waals surface area contributed by atoms with Crippen LogP contribution in [0.2, 0.25) is 0 Å². The Morgan fingerprint density at radius 3 is 2.67 bits per heavy atom. The lowest BCUT2D eigenvalue weighted by atomic mass is 10.2. The Labute approximate surface area is 141 Å². The molecule has 0 N–H and O–H groups in total. The maximum absolute atomic E-state index is 12.9. The van der Waals surface area contributed by atoms with Gasteiger partial charge in [-0.05, 0) is 5.56 Å². The van der Waals surface area contributed by atoms with Gasteiger partial charge in [-0.15, -0.1) is 11.3 Å². The fourth-order valence-corrected chi connectivity index (χ4v) is 3.65. The zero-order valence-electron chi connectivity index (χ0n) is 12.8. The third kappa shape index (κ3) is 2.51. The van der Waals surface area contributed by atoms with E-state index >= 15 is 0 Å². The van der Waals surface area contributed by atoms with E-state index in [2.05, 4.69) is 4.98 Å². The largest absolute Gasteiger partial charge is 0.378 e. The summed E-state index contributed by atoms with van der Waals surface area (Å²) in [6, 6.07) is 9.63. The van der Waals surface area contributed by atoms with Gasteiger partial charge in [0.25, 0.3) is 11.5 Å². The number of thiazole rings is 1. The molecule has 7 heteroatoms. The van der Waals surface area contributed by atoms with Gasteiger partial charge >= 0.3 is 0 Å². The topological polar surface area (TPSA) is 63.9 Å². The SMILES string of the molecule is O=C(c1cnc2scc(-c3ccccc3)n2c1=O)N1CCOCC1. The second-order valence-electron chi connectivity index (χ2n) is 5.49. The molecule has 4 rings (SSSR count). The number of rotatable bonds is 2. The van der Waals surface area contributed by atoms with E-state index in [4.69, 9.17) is 4.74 Å². The molecule has 1 aromatic carbocycles. The minimum atomic E-state index is -0.323. The van der Waals surface area contributed by atoms with Crippen molar-refractivity contribution in [3.8, 4) is 11.3 Å². The minimum absolute atomic E-state index is 0.102. The summed E-state index contributed by atoms with van der Waals surface area (Å²) in [5.41, 5.74) is 1.45. The quantitative estimate of drug-likeness (QED) is 0.714. The van der Waals surface area contributed by atoms with Gasteiger partial charge in [-0.3, -0.25) is 14.0 Å². The van der Waals surface area contributed by atoms with Crippen molar-refractivity contribution < 1.29 is 9.53 Å². The average Bonchev–Trinajstić information content (AvgIpc) is 3.08. The van der Waals surface area contributed by atoms with Gasteiger partial charge in [0.15, 0.2) is 4.96 Å². The number of aromatic nitrogens is 2. The Morgan fingerprint density at radius 1 is 1.17 bits per heavy atom. The van der Waals surface area contributed by atoms with Crippen LogP contribution >= 0.6 is 11.3 Å². The second-order valence-corrected chi connectivity index (χ2v) is 6.32. The molecule has 24 heavy (non-hydrogen) atoms. The highest BCUT2D eigenvalue weighted by Crippen LogP contribution is 2.23. The van der Waals surface area contributed by atoms with Gasteiger partial charge in [0, 0.05) is 24.7 Å². The highest BCUT2D eigenvalue weighted by molar-refractivity contribution is 7.15. The smallest absolute Gasteiger partial charge is 0.271 e. The highest BCUT2D eigenvalue weighted by Gasteiger charge is 2.23. The molecule has 2 aromatic heterocycles. The summed E-state index contributed by atoms with van der Waals surface area (Å²) in [5.74, 6) is -0.282. The Balaban J connectivity index is 1.83. The van der Waals surface area contributed by atoms with E-state index in [0.29, 0.717) is 31.3 Å². The van der Waals surface area contributed by atoms with Crippen LogP contribution in [-0.4, -0.2) is 46.5 Å². The van der Waals surface area contributed by atoms with E-state index in [1.807, 2.05) is 35.7 Å². The van der Waals surface area contributed by atoms with Crippen LogP contribution in [0.5, 0.6) is 0 Å². The summed E-state index contributed by atoms with van der Waals surface area (Å²) >= 11 is 1.39. The first kappa shape index (κ1) is 15.0. The summed E-state index contributed by atoms with van der Waals surface area (Å²) in [5, 5.41) is 1.89. The summed E-state index contributed by atoms with van der Waals surface area (Å²) in [6.45, 7) is 1.99. The monoisotopic (exact) mass is 341 g/mol. The zero-order valence-corrected chi connectivity index (χ0v) is 13.7. The van der Waals surface area contributed by atoms with Crippen molar-refractivity contribution in [1.29, 1.82) is 0 Å². The molecule has 1 aliphatic heterocycles. The van der Waals surface area contributed by atoms with Gasteiger partial charge in [-0.25, -0.2) is 4.98 Å². The number of hydrogen-bond donors (Lipinski definition) is 0. The molecule has 1 saturated heterocycles. The molecule has 3 aromatic rings. The number of hydrogen-bond acceptors (Lipinski definition) is 5. The van der Waals surface area contributed by atoms with Crippen LogP contribution in [-0.2, 0) is 4.74 Å². The number of nitrogens with zero attached hydrogens (tertiary/aromatic N) is 3. The first-order valence-corrected chi connectivity index (χ1v) is 8.55. The van der Waals surface area contributed by atoms with E-state index in [9.17, 15) is 9.59 Å². The zero-order chi connectivity index (χ0) is 16.5. The van der Waals surface area contributed by atoms with Crippen molar-refractivity contribution in [2.45, 2.75) is 0 Å². The van der Waals surface area contributed by atoms with E-state index < -0.39 is 0 Å². The molecule has 6 nitrogen and oxygen atoms in total. The third-order valence-corrected chi connectivity index (χ3v) is 4.88. The number of ether oxygens (including phenoxy) is 1. The lowest BCUT2D eigenvalue weighted by Gasteiger charge is -2.26. The number of carbonyl (C=O) groups excluding carboxylic acids is 1. The van der Waals surface area contributed by atoms with Gasteiger partial charge in [-0.1, -0.05) is 30.3 Å². The van der Waals surface area contributed by atoms with Crippen LogP contribution in [0, 0.1) is 0 Å². The van der Waals surface area contributed by atoms with E-state index in [1.54, 1.807) is 4.90 Å². The summed E-state index contributed by atoms with van der Waals surface area (Å²) in [7, 11) is 0. The van der Waals surface area contributed by atoms with Crippen LogP contribution < -0.4 is 5.56 Å². The molecule has 0 bridgehead atoms. The summed E-state index contributed by atoms with van der Waals surface area (Å²) in [6.07, 6.45) is 1.39. The molecule has 1 aliphatic rings. The van der Waals surface area contributed by atoms with Gasteiger partial charge in [-0.2, -0.15) is 0 Å². The average molecular weight is 341 g/mol. The van der Waals surface area contributed by atoms with Crippen molar-refractivity contribution in [3.63, 3.8) is 0 Å². The van der Waals surface area contributed by atoms with Gasteiger partial charge in [0.2, 0.25) is 0 Å². The Hall–Kier alpha value is -2.51. The molecule has 3 heterocycles. The van der Waals surface area contributed by atoms with Crippen molar-refractivity contribution in [3.05, 3.63) is 57.8 Å². The predicted molar refractivity (Wildman–Crippen MR) is 91.5 cm³/mol. The molecule has 1 amide bonds. The van der Waals surface area contributed by atoms with E-state index in [1.165, 1.54) is 21.9 Å². The maximum atomic E-state index is 12.9. The summed E-state index contributed by atoms with van der Waals surface area (Å²) in [4.78, 5) is 32.1. The van der Waals surface area contributed by atoms with Crippen molar-refractivity contribution >= 4 is 22.2 Å². The molecule has 0 aliphatic carbocycles. The fraction of sp³-hybridized carbons (Fsp3) is 0.235. The van der Waals surface area contributed by atoms with Crippen LogP contribution in [0.4, 0.5) is 0 Å². The van der Waals surface area contributed by atoms with E-state index in [0.717, 1.165) is 11.3 Å². The number of carbonyl (C=O) groups is 1. The molecule has 122 valence electrons. The molecule has 0 unspecified atom stereocenters. The third-order valence-electron chi connectivity index (χ3n) is 4.04. The van der Waals surface area contributed by atoms with Crippen LogP contribution in [0.15, 0.2) is 46.7 Å². The van der Waals surface area contributed by atoms with Crippen LogP contribution in [0.25, 0.3) is 16.2 Å². The van der Waals surface area contributed by atoms with Gasteiger partial charge in [0.1, 0.15) is 5.56 Å².